The molecular formula is C34H24Cl2N2O4. The molecule has 4 aromatic carbocycles. The zero-order valence-electron chi connectivity index (χ0n) is 22.4. The highest BCUT2D eigenvalue weighted by Crippen LogP contribution is 2.62. The van der Waals surface area contributed by atoms with E-state index in [1.54, 1.807) is 43.5 Å². The zero-order valence-corrected chi connectivity index (χ0v) is 23.9. The lowest BCUT2D eigenvalue weighted by Gasteiger charge is -2.38. The van der Waals surface area contributed by atoms with Crippen LogP contribution in [0.4, 0.5) is 5.69 Å². The van der Waals surface area contributed by atoms with Crippen molar-refractivity contribution in [2.24, 2.45) is 5.92 Å². The minimum absolute atomic E-state index is 0.179. The van der Waals surface area contributed by atoms with E-state index in [0.29, 0.717) is 27.6 Å². The largest absolute Gasteiger partial charge is 0.497 e. The van der Waals surface area contributed by atoms with Crippen LogP contribution in [0.5, 0.6) is 5.75 Å². The van der Waals surface area contributed by atoms with Gasteiger partial charge in [0.2, 0.25) is 5.91 Å². The summed E-state index contributed by atoms with van der Waals surface area (Å²) in [7, 11) is 1.55. The molecule has 1 fully saturated rings. The smallest absolute Gasteiger partial charge is 0.238 e. The number of methoxy groups -OCH3 is 1. The molecule has 7 rings (SSSR count). The van der Waals surface area contributed by atoms with Crippen molar-refractivity contribution >= 4 is 52.4 Å². The molecule has 4 atom stereocenters. The highest BCUT2D eigenvalue weighted by molar-refractivity contribution is 6.37. The Hall–Kier alpha value is -4.39. The molecule has 1 amide bonds. The van der Waals surface area contributed by atoms with Crippen LogP contribution in [0.25, 0.3) is 6.08 Å². The van der Waals surface area contributed by atoms with E-state index in [1.165, 1.54) is 6.07 Å². The van der Waals surface area contributed by atoms with Gasteiger partial charge in [-0.05, 0) is 71.3 Å². The summed E-state index contributed by atoms with van der Waals surface area (Å²) < 4.78 is 5.32. The van der Waals surface area contributed by atoms with Gasteiger partial charge in [-0.3, -0.25) is 14.4 Å². The van der Waals surface area contributed by atoms with Crippen molar-refractivity contribution < 1.29 is 19.1 Å². The molecule has 4 aromatic rings. The van der Waals surface area contributed by atoms with Crippen molar-refractivity contribution in [1.82, 2.24) is 4.90 Å². The van der Waals surface area contributed by atoms with Gasteiger partial charge in [-0.25, -0.2) is 0 Å². The molecule has 3 heterocycles. The van der Waals surface area contributed by atoms with E-state index < -0.39 is 23.4 Å². The van der Waals surface area contributed by atoms with E-state index in [4.69, 9.17) is 27.9 Å². The molecule has 3 aliphatic rings. The van der Waals surface area contributed by atoms with Crippen LogP contribution in [0.15, 0.2) is 97.2 Å². The van der Waals surface area contributed by atoms with E-state index in [1.807, 2.05) is 65.7 Å². The Labute approximate surface area is 252 Å². The van der Waals surface area contributed by atoms with Gasteiger partial charge in [0.1, 0.15) is 17.2 Å². The van der Waals surface area contributed by atoms with Gasteiger partial charge >= 0.3 is 0 Å². The molecule has 0 radical (unpaired) electrons. The van der Waals surface area contributed by atoms with Crippen LogP contribution in [0, 0.1) is 5.92 Å². The molecule has 42 heavy (non-hydrogen) atoms. The topological polar surface area (TPSA) is 75.7 Å². The van der Waals surface area contributed by atoms with Crippen molar-refractivity contribution in [2.45, 2.75) is 17.5 Å². The van der Waals surface area contributed by atoms with Crippen LogP contribution < -0.4 is 10.1 Å². The Morgan fingerprint density at radius 3 is 2.40 bits per heavy atom. The number of anilines is 1. The van der Waals surface area contributed by atoms with Crippen LogP contribution in [0.1, 0.15) is 43.4 Å². The van der Waals surface area contributed by atoms with Crippen molar-refractivity contribution in [2.75, 3.05) is 12.4 Å². The predicted molar refractivity (Wildman–Crippen MR) is 162 cm³/mol. The summed E-state index contributed by atoms with van der Waals surface area (Å²) in [4.78, 5) is 45.8. The number of Topliss-reactive ketones (excluding diaryl/α,β-unsaturated/α-hetero) is 2. The van der Waals surface area contributed by atoms with Crippen LogP contribution in [0.3, 0.4) is 0 Å². The molecule has 1 N–H and O–H groups in total. The van der Waals surface area contributed by atoms with Crippen LogP contribution in [-0.4, -0.2) is 35.5 Å². The molecule has 0 aromatic heterocycles. The average Bonchev–Trinajstić information content (AvgIpc) is 3.49. The van der Waals surface area contributed by atoms with Crippen molar-refractivity contribution in [3.8, 4) is 5.75 Å². The quantitative estimate of drug-likeness (QED) is 0.252. The third-order valence-corrected chi connectivity index (χ3v) is 9.24. The molecule has 0 bridgehead atoms. The number of ketones is 2. The first-order valence-corrected chi connectivity index (χ1v) is 14.2. The second-order valence-electron chi connectivity index (χ2n) is 10.7. The lowest BCUT2D eigenvalue weighted by molar-refractivity contribution is -0.122. The Morgan fingerprint density at radius 1 is 0.905 bits per heavy atom. The maximum Gasteiger partial charge on any atom is 0.238 e. The van der Waals surface area contributed by atoms with E-state index in [0.717, 1.165) is 11.1 Å². The van der Waals surface area contributed by atoms with E-state index in [2.05, 4.69) is 5.32 Å². The first kappa shape index (κ1) is 26.5. The summed E-state index contributed by atoms with van der Waals surface area (Å²) >= 11 is 12.7. The summed E-state index contributed by atoms with van der Waals surface area (Å²) in [5, 5.41) is 3.62. The van der Waals surface area contributed by atoms with Crippen molar-refractivity contribution in [3.63, 3.8) is 0 Å². The van der Waals surface area contributed by atoms with Crippen molar-refractivity contribution in [3.05, 3.63) is 135 Å². The van der Waals surface area contributed by atoms with E-state index in [9.17, 15) is 14.4 Å². The molecule has 1 spiro atoms. The van der Waals surface area contributed by atoms with Gasteiger partial charge in [0.15, 0.2) is 11.6 Å². The minimum atomic E-state index is -1.42. The third-order valence-electron chi connectivity index (χ3n) is 8.69. The van der Waals surface area contributed by atoms with Crippen LogP contribution >= 0.6 is 23.2 Å². The normalized spacial score (nSPS) is 23.3. The SMILES string of the molecule is COc1ccc(C(=O)[C@@H]2[C@H](C(=O)c3ccc(Cl)cc3Cl)N3C=Cc4ccccc4[C@@H]3[C@@]23C(=O)Nc2ccccc23)cc1. The van der Waals surface area contributed by atoms with Gasteiger partial charge in [-0.15, -0.1) is 0 Å². The number of hydrogen-bond acceptors (Lipinski definition) is 5. The predicted octanol–water partition coefficient (Wildman–Crippen LogP) is 6.98. The van der Waals surface area contributed by atoms with Crippen LogP contribution in [0.2, 0.25) is 10.0 Å². The number of amides is 1. The summed E-state index contributed by atoms with van der Waals surface area (Å²) in [6.07, 6.45) is 3.75. The maximum atomic E-state index is 14.8. The lowest BCUT2D eigenvalue weighted by Crippen LogP contribution is -2.49. The first-order chi connectivity index (χ1) is 20.4. The maximum absolute atomic E-state index is 14.8. The molecule has 8 heteroatoms. The summed E-state index contributed by atoms with van der Waals surface area (Å²) in [6, 6.07) is 24.9. The number of carbonyl (C=O) groups excluding carboxylic acids is 3. The van der Waals surface area contributed by atoms with Gasteiger partial charge in [0, 0.05) is 28.0 Å². The number of rotatable bonds is 5. The standard InChI is InChI=1S/C34H24Cl2N2O4/c1-42-22-13-10-20(11-14-22)30(39)28-29(31(40)24-15-12-21(35)18-26(24)36)38-17-16-19-6-2-3-7-23(19)32(38)34(28)25-8-4-5-9-27(25)37-33(34)41/h2-18,28-29,32H,1H3,(H,37,41)/t28-,29+,32+,34-/m0/s1. The molecular weight excluding hydrogens is 571 g/mol. The van der Waals surface area contributed by atoms with Gasteiger partial charge in [-0.1, -0.05) is 65.7 Å². The number of para-hydroxylation sites is 1. The molecule has 3 aliphatic heterocycles. The number of benzene rings is 4. The number of nitrogens with zero attached hydrogens (tertiary/aromatic N) is 1. The van der Waals surface area contributed by atoms with Gasteiger partial charge in [0.25, 0.3) is 0 Å². The van der Waals surface area contributed by atoms with Crippen molar-refractivity contribution in [1.29, 1.82) is 0 Å². The second-order valence-corrected chi connectivity index (χ2v) is 11.5. The number of hydrogen-bond donors (Lipinski definition) is 1. The zero-order chi connectivity index (χ0) is 29.2. The third kappa shape index (κ3) is 3.68. The number of ether oxygens (including phenoxy) is 1. The average molecular weight is 595 g/mol. The highest BCUT2D eigenvalue weighted by atomic mass is 35.5. The first-order valence-electron chi connectivity index (χ1n) is 13.5. The summed E-state index contributed by atoms with van der Waals surface area (Å²) in [5.41, 5.74) is 2.26. The van der Waals surface area contributed by atoms with Crippen LogP contribution in [-0.2, 0) is 10.2 Å². The monoisotopic (exact) mass is 594 g/mol. The molecule has 6 nitrogen and oxygen atoms in total. The molecule has 208 valence electrons. The van der Waals surface area contributed by atoms with Gasteiger partial charge in [-0.2, -0.15) is 0 Å². The Balaban J connectivity index is 1.53. The fraction of sp³-hybridized carbons (Fsp3) is 0.147. The Morgan fingerprint density at radius 2 is 1.64 bits per heavy atom. The fourth-order valence-corrected chi connectivity index (χ4v) is 7.45. The Bertz CT molecular complexity index is 1820. The Kier molecular flexibility index (Phi) is 6.22. The number of nitrogens with one attached hydrogen (secondary N) is 1. The molecule has 0 saturated carbocycles. The molecule has 1 saturated heterocycles. The highest BCUT2D eigenvalue weighted by Gasteiger charge is 2.70. The summed E-state index contributed by atoms with van der Waals surface area (Å²) in [6.45, 7) is 0. The lowest BCUT2D eigenvalue weighted by atomic mass is 9.62. The minimum Gasteiger partial charge on any atom is -0.497 e. The second kappa shape index (κ2) is 9.86. The number of carbonyl (C=O) groups is 3. The van der Waals surface area contributed by atoms with Gasteiger partial charge in [0.05, 0.1) is 24.1 Å². The van der Waals surface area contributed by atoms with Gasteiger partial charge < -0.3 is 15.0 Å². The summed E-state index contributed by atoms with van der Waals surface area (Å²) in [5.74, 6) is -1.53. The number of halogens is 2. The van der Waals surface area contributed by atoms with E-state index >= 15 is 0 Å². The van der Waals surface area contributed by atoms with E-state index in [-0.39, 0.29) is 28.1 Å². The number of fused-ring (bicyclic) bond motifs is 6. The molecule has 0 unspecified atom stereocenters. The fourth-order valence-electron chi connectivity index (χ4n) is 6.95. The molecule has 0 aliphatic carbocycles.